The van der Waals surface area contributed by atoms with Gasteiger partial charge in [0, 0.05) is 29.3 Å². The van der Waals surface area contributed by atoms with Gasteiger partial charge in [0.1, 0.15) is 17.1 Å². The number of para-hydroxylation sites is 1. The number of nitrogen functional groups attached to an aromatic ring is 1. The molecular formula is C17H17N3O2. The number of fused-ring (bicyclic) bond motifs is 1. The number of nitrogens with two attached hydrogens (primary N) is 1. The summed E-state index contributed by atoms with van der Waals surface area (Å²) >= 11 is 0. The number of aryl methyl sites for hydroxylation is 1. The summed E-state index contributed by atoms with van der Waals surface area (Å²) in [4.78, 5) is 16.9. The van der Waals surface area contributed by atoms with Crippen LogP contribution in [0.25, 0.3) is 22.2 Å². The first-order valence-corrected chi connectivity index (χ1v) is 7.09. The van der Waals surface area contributed by atoms with Gasteiger partial charge in [-0.2, -0.15) is 0 Å². The van der Waals surface area contributed by atoms with Gasteiger partial charge < -0.3 is 10.5 Å². The standard InChI is InChI=1S/C17H17N3O2/c1-3-20-16-12(8-6-10-19-16)14(15(18)17(20)21)11-7-4-5-9-13(11)22-2/h4-10H,3,18H2,1-2H3. The number of pyridine rings is 2. The minimum absolute atomic E-state index is 0.215. The van der Waals surface area contributed by atoms with E-state index in [-0.39, 0.29) is 11.2 Å². The predicted octanol–water partition coefficient (Wildman–Crippen LogP) is 2.67. The fourth-order valence-corrected chi connectivity index (χ4v) is 2.74. The van der Waals surface area contributed by atoms with Crippen molar-refractivity contribution in [3.8, 4) is 16.9 Å². The minimum atomic E-state index is -0.227. The molecule has 0 radical (unpaired) electrons. The molecule has 2 N–H and O–H groups in total. The van der Waals surface area contributed by atoms with E-state index in [4.69, 9.17) is 10.5 Å². The number of nitrogens with zero attached hydrogens (tertiary/aromatic N) is 2. The van der Waals surface area contributed by atoms with Crippen LogP contribution in [0.5, 0.6) is 5.75 Å². The van der Waals surface area contributed by atoms with Crippen LogP contribution in [0.2, 0.25) is 0 Å². The zero-order chi connectivity index (χ0) is 15.7. The number of rotatable bonds is 3. The Hall–Kier alpha value is -2.82. The number of hydrogen-bond acceptors (Lipinski definition) is 4. The summed E-state index contributed by atoms with van der Waals surface area (Å²) in [5.41, 5.74) is 8.25. The molecule has 0 bridgehead atoms. The Kier molecular flexibility index (Phi) is 3.55. The van der Waals surface area contributed by atoms with Crippen molar-refractivity contribution in [1.29, 1.82) is 0 Å². The SMILES string of the molecule is CCn1c(=O)c(N)c(-c2ccccc2OC)c2cccnc21. The topological polar surface area (TPSA) is 70.1 Å². The summed E-state index contributed by atoms with van der Waals surface area (Å²) in [6.07, 6.45) is 1.68. The van der Waals surface area contributed by atoms with Gasteiger partial charge in [0.15, 0.2) is 0 Å². The third-order valence-electron chi connectivity index (χ3n) is 3.75. The summed E-state index contributed by atoms with van der Waals surface area (Å²) in [6.45, 7) is 2.42. The van der Waals surface area contributed by atoms with E-state index in [0.29, 0.717) is 23.5 Å². The molecule has 0 saturated carbocycles. The van der Waals surface area contributed by atoms with E-state index in [1.807, 2.05) is 43.3 Å². The molecule has 0 atom stereocenters. The average molecular weight is 295 g/mol. The lowest BCUT2D eigenvalue weighted by Crippen LogP contribution is -2.24. The van der Waals surface area contributed by atoms with E-state index < -0.39 is 0 Å². The van der Waals surface area contributed by atoms with E-state index >= 15 is 0 Å². The van der Waals surface area contributed by atoms with Crippen molar-refractivity contribution in [3.63, 3.8) is 0 Å². The van der Waals surface area contributed by atoms with Crippen LogP contribution in [0.3, 0.4) is 0 Å². The van der Waals surface area contributed by atoms with Crippen LogP contribution in [0.1, 0.15) is 6.92 Å². The highest BCUT2D eigenvalue weighted by Gasteiger charge is 2.18. The first-order chi connectivity index (χ1) is 10.7. The van der Waals surface area contributed by atoms with Crippen LogP contribution in [0.4, 0.5) is 5.69 Å². The van der Waals surface area contributed by atoms with Crippen LogP contribution in [0, 0.1) is 0 Å². The normalized spacial score (nSPS) is 10.8. The van der Waals surface area contributed by atoms with E-state index in [9.17, 15) is 4.79 Å². The second-order valence-corrected chi connectivity index (χ2v) is 4.91. The van der Waals surface area contributed by atoms with Crippen LogP contribution in [-0.4, -0.2) is 16.7 Å². The molecule has 0 aliphatic heterocycles. The van der Waals surface area contributed by atoms with Gasteiger partial charge in [0.2, 0.25) is 0 Å². The molecule has 0 aliphatic rings. The van der Waals surface area contributed by atoms with Crippen molar-refractivity contribution in [3.05, 3.63) is 52.9 Å². The Labute approximate surface area is 128 Å². The summed E-state index contributed by atoms with van der Waals surface area (Å²) in [5.74, 6) is 0.674. The zero-order valence-corrected chi connectivity index (χ0v) is 12.5. The maximum atomic E-state index is 12.6. The second kappa shape index (κ2) is 5.52. The zero-order valence-electron chi connectivity index (χ0n) is 12.5. The Balaban J connectivity index is 2.50. The Morgan fingerprint density at radius 3 is 2.73 bits per heavy atom. The highest BCUT2D eigenvalue weighted by molar-refractivity contribution is 6.00. The molecule has 1 aromatic carbocycles. The monoisotopic (exact) mass is 295 g/mol. The average Bonchev–Trinajstić information content (AvgIpc) is 2.56. The third kappa shape index (κ3) is 2.02. The van der Waals surface area contributed by atoms with Crippen LogP contribution < -0.4 is 16.0 Å². The lowest BCUT2D eigenvalue weighted by molar-refractivity contribution is 0.416. The molecule has 112 valence electrons. The fraction of sp³-hybridized carbons (Fsp3) is 0.176. The van der Waals surface area contributed by atoms with Gasteiger partial charge in [-0.3, -0.25) is 9.36 Å². The van der Waals surface area contributed by atoms with E-state index in [0.717, 1.165) is 10.9 Å². The van der Waals surface area contributed by atoms with Gasteiger partial charge in [-0.25, -0.2) is 4.98 Å². The Bertz CT molecular complexity index is 900. The van der Waals surface area contributed by atoms with Crippen LogP contribution in [-0.2, 0) is 6.54 Å². The first kappa shape index (κ1) is 14.1. The Morgan fingerprint density at radius 2 is 2.00 bits per heavy atom. The number of hydrogen-bond donors (Lipinski definition) is 1. The van der Waals surface area contributed by atoms with Gasteiger partial charge in [0.25, 0.3) is 5.56 Å². The molecule has 3 aromatic rings. The van der Waals surface area contributed by atoms with E-state index in [1.54, 1.807) is 17.9 Å². The van der Waals surface area contributed by atoms with Gasteiger partial charge >= 0.3 is 0 Å². The summed E-state index contributed by atoms with van der Waals surface area (Å²) in [6, 6.07) is 11.3. The number of aromatic nitrogens is 2. The third-order valence-corrected chi connectivity index (χ3v) is 3.75. The number of methoxy groups -OCH3 is 1. The largest absolute Gasteiger partial charge is 0.496 e. The molecule has 3 rings (SSSR count). The Morgan fingerprint density at radius 1 is 1.23 bits per heavy atom. The number of benzene rings is 1. The van der Waals surface area contributed by atoms with Crippen molar-refractivity contribution in [2.75, 3.05) is 12.8 Å². The first-order valence-electron chi connectivity index (χ1n) is 7.09. The molecule has 0 fully saturated rings. The van der Waals surface area contributed by atoms with Crippen molar-refractivity contribution in [1.82, 2.24) is 9.55 Å². The lowest BCUT2D eigenvalue weighted by Gasteiger charge is -2.16. The predicted molar refractivity (Wildman–Crippen MR) is 88.1 cm³/mol. The molecular weight excluding hydrogens is 278 g/mol. The second-order valence-electron chi connectivity index (χ2n) is 4.91. The van der Waals surface area contributed by atoms with Gasteiger partial charge in [-0.05, 0) is 25.1 Å². The van der Waals surface area contributed by atoms with E-state index in [1.165, 1.54) is 0 Å². The van der Waals surface area contributed by atoms with Gasteiger partial charge in [-0.1, -0.05) is 18.2 Å². The summed E-state index contributed by atoms with van der Waals surface area (Å²) in [7, 11) is 1.60. The number of ether oxygens (including phenoxy) is 1. The fourth-order valence-electron chi connectivity index (χ4n) is 2.74. The highest BCUT2D eigenvalue weighted by Crippen LogP contribution is 2.36. The molecule has 0 unspecified atom stereocenters. The summed E-state index contributed by atoms with van der Waals surface area (Å²) < 4.78 is 7.00. The van der Waals surface area contributed by atoms with Gasteiger partial charge in [-0.15, -0.1) is 0 Å². The van der Waals surface area contributed by atoms with Crippen molar-refractivity contribution in [2.45, 2.75) is 13.5 Å². The minimum Gasteiger partial charge on any atom is -0.496 e. The van der Waals surface area contributed by atoms with E-state index in [2.05, 4.69) is 4.98 Å². The van der Waals surface area contributed by atoms with Crippen molar-refractivity contribution < 1.29 is 4.74 Å². The van der Waals surface area contributed by atoms with Crippen LogP contribution in [0.15, 0.2) is 47.4 Å². The lowest BCUT2D eigenvalue weighted by atomic mass is 10.00. The maximum Gasteiger partial charge on any atom is 0.275 e. The molecule has 0 amide bonds. The molecule has 0 spiro atoms. The van der Waals surface area contributed by atoms with Crippen molar-refractivity contribution >= 4 is 16.7 Å². The van der Waals surface area contributed by atoms with Crippen molar-refractivity contribution in [2.24, 2.45) is 0 Å². The summed E-state index contributed by atoms with van der Waals surface area (Å²) in [5, 5.41) is 0.839. The molecule has 5 nitrogen and oxygen atoms in total. The smallest absolute Gasteiger partial charge is 0.275 e. The molecule has 2 aromatic heterocycles. The molecule has 0 aliphatic carbocycles. The molecule has 22 heavy (non-hydrogen) atoms. The molecule has 5 heteroatoms. The van der Waals surface area contributed by atoms with Gasteiger partial charge in [0.05, 0.1) is 7.11 Å². The highest BCUT2D eigenvalue weighted by atomic mass is 16.5. The molecule has 0 saturated heterocycles. The molecule has 2 heterocycles. The maximum absolute atomic E-state index is 12.6. The number of anilines is 1. The quantitative estimate of drug-likeness (QED) is 0.806. The van der Waals surface area contributed by atoms with Crippen LogP contribution >= 0.6 is 0 Å².